The van der Waals surface area contributed by atoms with Gasteiger partial charge in [-0.3, -0.25) is 4.98 Å². The van der Waals surface area contributed by atoms with Crippen molar-refractivity contribution >= 4 is 15.7 Å². The first-order valence-corrected chi connectivity index (χ1v) is 8.14. The smallest absolute Gasteiger partial charge is 0.241 e. The Kier molecular flexibility index (Phi) is 4.59. The summed E-state index contributed by atoms with van der Waals surface area (Å²) >= 11 is 0. The van der Waals surface area contributed by atoms with Gasteiger partial charge in [-0.05, 0) is 49.1 Å². The summed E-state index contributed by atoms with van der Waals surface area (Å²) in [4.78, 5) is 4.28. The molecule has 6 heteroatoms. The number of nitrogen functional groups attached to an aromatic ring is 1. The molecule has 0 aliphatic heterocycles. The van der Waals surface area contributed by atoms with Crippen LogP contribution in [0.1, 0.15) is 16.7 Å². The summed E-state index contributed by atoms with van der Waals surface area (Å²) in [5.41, 5.74) is 8.55. The standard InChI is InChI=1S/C15H19N3O2S/c1-11-5-6-14(16)12(2)15(11)21(19,20)18-9-7-13-4-3-8-17-10-13/h3-6,8,10,18H,7,9,16H2,1-2H3. The van der Waals surface area contributed by atoms with E-state index in [-0.39, 0.29) is 4.90 Å². The number of aromatic nitrogens is 1. The van der Waals surface area contributed by atoms with Crippen molar-refractivity contribution in [3.63, 3.8) is 0 Å². The van der Waals surface area contributed by atoms with Gasteiger partial charge in [0.25, 0.3) is 0 Å². The van der Waals surface area contributed by atoms with Crippen LogP contribution in [-0.2, 0) is 16.4 Å². The molecule has 0 saturated carbocycles. The highest BCUT2D eigenvalue weighted by molar-refractivity contribution is 7.89. The summed E-state index contributed by atoms with van der Waals surface area (Å²) in [5.74, 6) is 0. The fourth-order valence-corrected chi connectivity index (χ4v) is 3.73. The lowest BCUT2D eigenvalue weighted by molar-refractivity contribution is 0.580. The van der Waals surface area contributed by atoms with Gasteiger partial charge in [0.2, 0.25) is 10.0 Å². The zero-order valence-electron chi connectivity index (χ0n) is 12.1. The number of sulfonamides is 1. The molecule has 0 unspecified atom stereocenters. The van der Waals surface area contributed by atoms with Crippen molar-refractivity contribution in [1.82, 2.24) is 9.71 Å². The molecule has 2 rings (SSSR count). The van der Waals surface area contributed by atoms with E-state index < -0.39 is 10.0 Å². The quantitative estimate of drug-likeness (QED) is 0.825. The molecule has 0 radical (unpaired) electrons. The molecule has 2 aromatic rings. The monoisotopic (exact) mass is 305 g/mol. The lowest BCUT2D eigenvalue weighted by Crippen LogP contribution is -2.27. The van der Waals surface area contributed by atoms with E-state index in [1.807, 2.05) is 12.1 Å². The maximum atomic E-state index is 12.4. The molecule has 21 heavy (non-hydrogen) atoms. The highest BCUT2D eigenvalue weighted by Gasteiger charge is 2.20. The summed E-state index contributed by atoms with van der Waals surface area (Å²) < 4.78 is 27.5. The van der Waals surface area contributed by atoms with Crippen molar-refractivity contribution in [1.29, 1.82) is 0 Å². The third kappa shape index (κ3) is 3.59. The van der Waals surface area contributed by atoms with Crippen LogP contribution in [0.3, 0.4) is 0 Å². The van der Waals surface area contributed by atoms with Gasteiger partial charge in [-0.25, -0.2) is 13.1 Å². The van der Waals surface area contributed by atoms with Crippen molar-refractivity contribution in [2.24, 2.45) is 0 Å². The van der Waals surface area contributed by atoms with Crippen LogP contribution in [0.4, 0.5) is 5.69 Å². The molecule has 0 bridgehead atoms. The van der Waals surface area contributed by atoms with Crippen LogP contribution in [0.2, 0.25) is 0 Å². The molecule has 0 fully saturated rings. The number of nitrogens with one attached hydrogen (secondary N) is 1. The molecule has 0 aliphatic carbocycles. The summed E-state index contributed by atoms with van der Waals surface area (Å²) in [7, 11) is -3.56. The number of pyridine rings is 1. The second-order valence-electron chi connectivity index (χ2n) is 4.93. The van der Waals surface area contributed by atoms with Crippen molar-refractivity contribution in [2.75, 3.05) is 12.3 Å². The minimum Gasteiger partial charge on any atom is -0.398 e. The Balaban J connectivity index is 2.14. The zero-order chi connectivity index (χ0) is 15.5. The van der Waals surface area contributed by atoms with Crippen LogP contribution in [-0.4, -0.2) is 19.9 Å². The van der Waals surface area contributed by atoms with E-state index in [2.05, 4.69) is 9.71 Å². The Hall–Kier alpha value is -1.92. The summed E-state index contributed by atoms with van der Waals surface area (Å²) in [6, 6.07) is 7.19. The summed E-state index contributed by atoms with van der Waals surface area (Å²) in [6.45, 7) is 3.81. The maximum Gasteiger partial charge on any atom is 0.241 e. The molecule has 0 aliphatic rings. The highest BCUT2D eigenvalue weighted by atomic mass is 32.2. The summed E-state index contributed by atoms with van der Waals surface area (Å²) in [6.07, 6.45) is 4.01. The van der Waals surface area contributed by atoms with Crippen molar-refractivity contribution in [3.8, 4) is 0 Å². The van der Waals surface area contributed by atoms with Crippen LogP contribution in [0.5, 0.6) is 0 Å². The number of hydrogen-bond donors (Lipinski definition) is 2. The number of benzene rings is 1. The van der Waals surface area contributed by atoms with Crippen LogP contribution in [0.15, 0.2) is 41.6 Å². The molecular weight excluding hydrogens is 286 g/mol. The van der Waals surface area contributed by atoms with E-state index in [1.165, 1.54) is 0 Å². The SMILES string of the molecule is Cc1ccc(N)c(C)c1S(=O)(=O)NCCc1cccnc1. The van der Waals surface area contributed by atoms with Crippen LogP contribution in [0.25, 0.3) is 0 Å². The Morgan fingerprint density at radius 1 is 1.24 bits per heavy atom. The van der Waals surface area contributed by atoms with E-state index in [4.69, 9.17) is 5.73 Å². The molecule has 0 saturated heterocycles. The van der Waals surface area contributed by atoms with Crippen LogP contribution >= 0.6 is 0 Å². The first-order chi connectivity index (χ1) is 9.92. The van der Waals surface area contributed by atoms with Gasteiger partial charge in [-0.1, -0.05) is 12.1 Å². The van der Waals surface area contributed by atoms with Crippen molar-refractivity contribution in [3.05, 3.63) is 53.3 Å². The normalized spacial score (nSPS) is 11.5. The van der Waals surface area contributed by atoms with Crippen LogP contribution in [0, 0.1) is 13.8 Å². The highest BCUT2D eigenvalue weighted by Crippen LogP contribution is 2.24. The molecule has 5 nitrogen and oxygen atoms in total. The second-order valence-corrected chi connectivity index (χ2v) is 6.64. The average Bonchev–Trinajstić information content (AvgIpc) is 2.44. The average molecular weight is 305 g/mol. The first-order valence-electron chi connectivity index (χ1n) is 6.66. The third-order valence-corrected chi connectivity index (χ3v) is 5.09. The van der Waals surface area contributed by atoms with E-state index in [0.29, 0.717) is 29.8 Å². The maximum absolute atomic E-state index is 12.4. The topological polar surface area (TPSA) is 85.1 Å². The molecule has 112 valence electrons. The van der Waals surface area contributed by atoms with Crippen molar-refractivity contribution < 1.29 is 8.42 Å². The molecular formula is C15H19N3O2S. The second kappa shape index (κ2) is 6.24. The van der Waals surface area contributed by atoms with Gasteiger partial charge in [-0.15, -0.1) is 0 Å². The Morgan fingerprint density at radius 3 is 2.67 bits per heavy atom. The van der Waals surface area contributed by atoms with Gasteiger partial charge >= 0.3 is 0 Å². The third-order valence-electron chi connectivity index (χ3n) is 3.34. The van der Waals surface area contributed by atoms with E-state index in [1.54, 1.807) is 38.4 Å². The number of nitrogens with two attached hydrogens (primary N) is 1. The number of nitrogens with zero attached hydrogens (tertiary/aromatic N) is 1. The van der Waals surface area contributed by atoms with Gasteiger partial charge in [-0.2, -0.15) is 0 Å². The van der Waals surface area contributed by atoms with E-state index in [0.717, 1.165) is 5.56 Å². The van der Waals surface area contributed by atoms with Gasteiger partial charge in [0, 0.05) is 24.6 Å². The molecule has 0 atom stereocenters. The van der Waals surface area contributed by atoms with E-state index in [9.17, 15) is 8.42 Å². The number of aryl methyl sites for hydroxylation is 1. The molecule has 1 aromatic carbocycles. The van der Waals surface area contributed by atoms with Gasteiger partial charge in [0.05, 0.1) is 4.90 Å². The Bertz CT molecular complexity index is 728. The fourth-order valence-electron chi connectivity index (χ4n) is 2.20. The number of anilines is 1. The molecule has 1 aromatic heterocycles. The predicted molar refractivity (Wildman–Crippen MR) is 83.5 cm³/mol. The van der Waals surface area contributed by atoms with Crippen LogP contribution < -0.4 is 10.5 Å². The molecule has 1 heterocycles. The number of hydrogen-bond acceptors (Lipinski definition) is 4. The lowest BCUT2D eigenvalue weighted by atomic mass is 10.1. The Labute approximate surface area is 125 Å². The van der Waals surface area contributed by atoms with Gasteiger partial charge in [0.1, 0.15) is 0 Å². The van der Waals surface area contributed by atoms with Crippen molar-refractivity contribution in [2.45, 2.75) is 25.2 Å². The minimum atomic E-state index is -3.56. The zero-order valence-corrected chi connectivity index (χ0v) is 12.9. The first kappa shape index (κ1) is 15.5. The molecule has 0 spiro atoms. The van der Waals surface area contributed by atoms with Gasteiger partial charge in [0.15, 0.2) is 0 Å². The molecule has 0 amide bonds. The minimum absolute atomic E-state index is 0.272. The van der Waals surface area contributed by atoms with E-state index >= 15 is 0 Å². The fraction of sp³-hybridized carbons (Fsp3) is 0.267. The Morgan fingerprint density at radius 2 is 2.00 bits per heavy atom. The number of rotatable bonds is 5. The summed E-state index contributed by atoms with van der Waals surface area (Å²) in [5, 5.41) is 0. The largest absolute Gasteiger partial charge is 0.398 e. The predicted octanol–water partition coefficient (Wildman–Crippen LogP) is 1.80. The lowest BCUT2D eigenvalue weighted by Gasteiger charge is -2.13. The molecule has 3 N–H and O–H groups in total. The van der Waals surface area contributed by atoms with Gasteiger partial charge < -0.3 is 5.73 Å².